The zero-order chi connectivity index (χ0) is 12.6. The number of halogens is 5. The molecule has 6 heteroatoms. The van der Waals surface area contributed by atoms with E-state index >= 15 is 0 Å². The van der Waals surface area contributed by atoms with Crippen LogP contribution in [0.1, 0.15) is 15.3 Å². The molecular weight excluding hydrogens is 414 g/mol. The molecule has 0 aliphatic carbocycles. The number of rotatable bonds is 2. The Hall–Kier alpha value is 0.390. The predicted octanol–water partition coefficient (Wildman–Crippen LogP) is 6.44. The molecule has 1 aromatic carbocycles. The normalized spacial score (nSPS) is 12.8. The molecule has 0 aliphatic heterocycles. The van der Waals surface area contributed by atoms with Gasteiger partial charge in [0.25, 0.3) is 0 Å². The van der Waals surface area contributed by atoms with Crippen molar-refractivity contribution in [3.63, 3.8) is 0 Å². The van der Waals surface area contributed by atoms with Crippen LogP contribution in [0.4, 0.5) is 4.39 Å². The minimum Gasteiger partial charge on any atom is -0.207 e. The van der Waals surface area contributed by atoms with Crippen LogP contribution < -0.4 is 0 Å². The predicted molar refractivity (Wildman–Crippen MR) is 79.2 cm³/mol. The van der Waals surface area contributed by atoms with Gasteiger partial charge in [-0.15, -0.1) is 11.3 Å². The van der Waals surface area contributed by atoms with Crippen molar-refractivity contribution in [3.8, 4) is 0 Å². The summed E-state index contributed by atoms with van der Waals surface area (Å²) in [5, 5.41) is 1.01. The fourth-order valence-electron chi connectivity index (χ4n) is 1.35. The van der Waals surface area contributed by atoms with E-state index in [4.69, 9.17) is 23.2 Å². The third-order valence-electron chi connectivity index (χ3n) is 2.15. The molecule has 1 atom stereocenters. The lowest BCUT2D eigenvalue weighted by Gasteiger charge is -2.09. The van der Waals surface area contributed by atoms with E-state index in [9.17, 15) is 4.39 Å². The average molecular weight is 419 g/mol. The molecule has 0 bridgehead atoms. The molecule has 0 fully saturated rings. The lowest BCUT2D eigenvalue weighted by Crippen LogP contribution is -1.94. The molecule has 0 saturated carbocycles. The minimum absolute atomic E-state index is 0.228. The first-order valence-electron chi connectivity index (χ1n) is 4.53. The monoisotopic (exact) mass is 416 g/mol. The van der Waals surface area contributed by atoms with Crippen LogP contribution in [0.3, 0.4) is 0 Å². The van der Waals surface area contributed by atoms with E-state index in [1.54, 1.807) is 12.1 Å². The Labute approximate surface area is 129 Å². The van der Waals surface area contributed by atoms with E-state index in [0.717, 1.165) is 8.66 Å². The molecule has 0 amide bonds. The van der Waals surface area contributed by atoms with E-state index < -0.39 is 0 Å². The van der Waals surface area contributed by atoms with Crippen molar-refractivity contribution in [2.75, 3.05) is 0 Å². The molecular formula is C11H5Br2Cl2FS. The molecule has 0 spiro atoms. The smallest absolute Gasteiger partial charge is 0.129 e. The molecule has 1 aromatic heterocycles. The van der Waals surface area contributed by atoms with Crippen LogP contribution in [0.2, 0.25) is 10.0 Å². The molecule has 90 valence electrons. The molecule has 1 unspecified atom stereocenters. The lowest BCUT2D eigenvalue weighted by atomic mass is 10.1. The largest absolute Gasteiger partial charge is 0.207 e. The maximum Gasteiger partial charge on any atom is 0.129 e. The van der Waals surface area contributed by atoms with Crippen LogP contribution in [0.5, 0.6) is 0 Å². The number of hydrogen-bond donors (Lipinski definition) is 0. The third kappa shape index (κ3) is 3.04. The van der Waals surface area contributed by atoms with Crippen LogP contribution in [-0.4, -0.2) is 0 Å². The van der Waals surface area contributed by atoms with Gasteiger partial charge in [0.2, 0.25) is 0 Å². The van der Waals surface area contributed by atoms with Crippen LogP contribution >= 0.6 is 66.4 Å². The Balaban J connectivity index is 2.39. The minimum atomic E-state index is -0.333. The molecule has 17 heavy (non-hydrogen) atoms. The standard InChI is InChI=1S/C11H5Br2Cl2FS/c12-10(9-4-7(15)11(13)17-9)6-2-1-5(14)3-8(6)16/h1-4,10H. The number of alkyl halides is 1. The second-order valence-electron chi connectivity index (χ2n) is 3.30. The van der Waals surface area contributed by atoms with Gasteiger partial charge < -0.3 is 0 Å². The van der Waals surface area contributed by atoms with Gasteiger partial charge in [-0.25, -0.2) is 4.39 Å². The van der Waals surface area contributed by atoms with Crippen molar-refractivity contribution in [3.05, 3.63) is 54.4 Å². The second-order valence-corrected chi connectivity index (χ2v) is 7.46. The fourth-order valence-corrected chi connectivity index (χ4v) is 4.03. The highest BCUT2D eigenvalue weighted by Crippen LogP contribution is 2.42. The topological polar surface area (TPSA) is 0 Å². The Kier molecular flexibility index (Phi) is 4.53. The quantitative estimate of drug-likeness (QED) is 0.492. The molecule has 0 radical (unpaired) electrons. The zero-order valence-corrected chi connectivity index (χ0v) is 13.7. The van der Waals surface area contributed by atoms with Crippen LogP contribution in [0.25, 0.3) is 0 Å². The van der Waals surface area contributed by atoms with Gasteiger partial charge in [-0.2, -0.15) is 0 Å². The molecule has 2 rings (SSSR count). The van der Waals surface area contributed by atoms with Crippen molar-refractivity contribution < 1.29 is 4.39 Å². The molecule has 2 aromatic rings. The molecule has 0 aliphatic rings. The summed E-state index contributed by atoms with van der Waals surface area (Å²) in [6.07, 6.45) is 0. The Morgan fingerprint density at radius 2 is 1.94 bits per heavy atom. The first-order valence-corrected chi connectivity index (χ1v) is 7.81. The maximum absolute atomic E-state index is 13.7. The van der Waals surface area contributed by atoms with Gasteiger partial charge in [-0.05, 0) is 34.1 Å². The van der Waals surface area contributed by atoms with Crippen LogP contribution in [0, 0.1) is 5.82 Å². The van der Waals surface area contributed by atoms with Crippen molar-refractivity contribution >= 4 is 66.4 Å². The fraction of sp³-hybridized carbons (Fsp3) is 0.0909. The van der Waals surface area contributed by atoms with Gasteiger partial charge in [-0.1, -0.05) is 45.2 Å². The molecule has 0 nitrogen and oxygen atoms in total. The van der Waals surface area contributed by atoms with Crippen molar-refractivity contribution in [1.82, 2.24) is 0 Å². The van der Waals surface area contributed by atoms with Gasteiger partial charge in [-0.3, -0.25) is 0 Å². The van der Waals surface area contributed by atoms with Crippen molar-refractivity contribution in [2.24, 2.45) is 0 Å². The van der Waals surface area contributed by atoms with E-state index in [2.05, 4.69) is 31.9 Å². The van der Waals surface area contributed by atoms with Crippen molar-refractivity contribution in [1.29, 1.82) is 0 Å². The van der Waals surface area contributed by atoms with Gasteiger partial charge in [0, 0.05) is 15.5 Å². The summed E-state index contributed by atoms with van der Waals surface area (Å²) in [5.74, 6) is -0.333. The summed E-state index contributed by atoms with van der Waals surface area (Å²) >= 11 is 19.9. The second kappa shape index (κ2) is 5.57. The number of hydrogen-bond acceptors (Lipinski definition) is 1. The highest BCUT2D eigenvalue weighted by Gasteiger charge is 2.18. The molecule has 0 saturated heterocycles. The SMILES string of the molecule is Fc1cc(Cl)ccc1C(Br)c1cc(Cl)c(Br)s1. The summed E-state index contributed by atoms with van der Waals surface area (Å²) in [6, 6.07) is 6.44. The first kappa shape index (κ1) is 13.8. The van der Waals surface area contributed by atoms with Gasteiger partial charge in [0.15, 0.2) is 0 Å². The summed E-state index contributed by atoms with van der Waals surface area (Å²) in [4.78, 5) is 0.705. The Bertz CT molecular complexity index is 537. The number of thiophene rings is 1. The zero-order valence-electron chi connectivity index (χ0n) is 8.18. The van der Waals surface area contributed by atoms with E-state index in [1.165, 1.54) is 17.4 Å². The first-order chi connectivity index (χ1) is 7.99. The summed E-state index contributed by atoms with van der Waals surface area (Å²) in [7, 11) is 0. The summed E-state index contributed by atoms with van der Waals surface area (Å²) in [6.45, 7) is 0. The van der Waals surface area contributed by atoms with Crippen LogP contribution in [-0.2, 0) is 0 Å². The van der Waals surface area contributed by atoms with Gasteiger partial charge in [0.1, 0.15) is 5.82 Å². The summed E-state index contributed by atoms with van der Waals surface area (Å²) in [5.41, 5.74) is 0.541. The Morgan fingerprint density at radius 3 is 2.47 bits per heavy atom. The van der Waals surface area contributed by atoms with Crippen molar-refractivity contribution in [2.45, 2.75) is 4.83 Å². The third-order valence-corrected chi connectivity index (χ3v) is 6.21. The summed E-state index contributed by atoms with van der Waals surface area (Å²) < 4.78 is 14.6. The molecule has 1 heterocycles. The average Bonchev–Trinajstić information content (AvgIpc) is 2.58. The number of benzene rings is 1. The van der Waals surface area contributed by atoms with Gasteiger partial charge >= 0.3 is 0 Å². The molecule has 0 N–H and O–H groups in total. The Morgan fingerprint density at radius 1 is 1.24 bits per heavy atom. The lowest BCUT2D eigenvalue weighted by molar-refractivity contribution is 0.614. The van der Waals surface area contributed by atoms with E-state index in [-0.39, 0.29) is 10.6 Å². The van der Waals surface area contributed by atoms with Gasteiger partial charge in [0.05, 0.1) is 13.6 Å². The van der Waals surface area contributed by atoms with E-state index in [0.29, 0.717) is 15.6 Å². The highest BCUT2D eigenvalue weighted by atomic mass is 79.9. The maximum atomic E-state index is 13.7. The highest BCUT2D eigenvalue weighted by molar-refractivity contribution is 9.11. The van der Waals surface area contributed by atoms with Crippen LogP contribution in [0.15, 0.2) is 28.1 Å². The van der Waals surface area contributed by atoms with E-state index in [1.807, 2.05) is 6.07 Å².